The lowest BCUT2D eigenvalue weighted by Crippen LogP contribution is -2.39. The average Bonchev–Trinajstić information content (AvgIpc) is 2.89. The molecule has 1 N–H and O–H groups in total. The lowest BCUT2D eigenvalue weighted by Gasteiger charge is -2.33. The number of hydrogen-bond donors (Lipinski definition) is 1. The summed E-state index contributed by atoms with van der Waals surface area (Å²) in [7, 11) is 1.44. The lowest BCUT2D eigenvalue weighted by molar-refractivity contribution is -0.0493. The number of pyridine rings is 1. The molecule has 2 heterocycles. The van der Waals surface area contributed by atoms with Crippen molar-refractivity contribution in [1.29, 1.82) is 5.26 Å². The highest BCUT2D eigenvalue weighted by Gasteiger charge is 2.28. The molecule has 0 radical (unpaired) electrons. The number of aromatic nitrogens is 1. The summed E-state index contributed by atoms with van der Waals surface area (Å²) in [6.45, 7) is -2.33. The molecule has 0 atom stereocenters. The highest BCUT2D eigenvalue weighted by Crippen LogP contribution is 2.35. The Bertz CT molecular complexity index is 1410. The van der Waals surface area contributed by atoms with Gasteiger partial charge in [-0.2, -0.15) is 14.0 Å². The van der Waals surface area contributed by atoms with E-state index in [1.54, 1.807) is 17.0 Å². The molecule has 37 heavy (non-hydrogen) atoms. The second kappa shape index (κ2) is 11.0. The number of rotatable bonds is 6. The zero-order valence-corrected chi connectivity index (χ0v) is 20.4. The zero-order valence-electron chi connectivity index (χ0n) is 19.7. The molecule has 1 aliphatic rings. The van der Waals surface area contributed by atoms with Crippen LogP contribution in [-0.2, 0) is 7.05 Å². The van der Waals surface area contributed by atoms with Crippen LogP contribution >= 0.6 is 11.6 Å². The first-order valence-corrected chi connectivity index (χ1v) is 11.8. The van der Waals surface area contributed by atoms with Gasteiger partial charge in [-0.25, -0.2) is 4.39 Å². The van der Waals surface area contributed by atoms with Crippen molar-refractivity contribution in [1.82, 2.24) is 9.47 Å². The summed E-state index contributed by atoms with van der Waals surface area (Å²) in [5.41, 5.74) is 0.439. The summed E-state index contributed by atoms with van der Waals surface area (Å²) in [5, 5.41) is 11.7. The largest absolute Gasteiger partial charge is 0.433 e. The van der Waals surface area contributed by atoms with Crippen LogP contribution in [0.1, 0.15) is 40.2 Å². The monoisotopic (exact) mass is 530 g/mol. The number of carbonyl (C=O) groups is 1. The summed E-state index contributed by atoms with van der Waals surface area (Å²) in [4.78, 5) is 27.7. The number of ether oxygens (including phenoxy) is 1. The van der Waals surface area contributed by atoms with Crippen molar-refractivity contribution in [2.45, 2.75) is 25.4 Å². The summed E-state index contributed by atoms with van der Waals surface area (Å²) in [6, 6.07) is 11.9. The SMILES string of the molecule is Cn1cc(C(=O)N2CCC(c3ccc(F)cc3)CC2)c(Nc2cc(C#N)ccc2OC(F)F)c(Cl)c1=O. The van der Waals surface area contributed by atoms with Crippen molar-refractivity contribution >= 4 is 28.9 Å². The quantitative estimate of drug-likeness (QED) is 0.460. The van der Waals surface area contributed by atoms with E-state index in [1.807, 2.05) is 6.07 Å². The minimum absolute atomic E-state index is 0.0534. The number of amides is 1. The first-order chi connectivity index (χ1) is 17.7. The predicted octanol–water partition coefficient (Wildman–Crippen LogP) is 5.41. The van der Waals surface area contributed by atoms with E-state index >= 15 is 0 Å². The first kappa shape index (κ1) is 26.1. The molecule has 1 fully saturated rings. The molecule has 1 amide bonds. The van der Waals surface area contributed by atoms with Gasteiger partial charge in [-0.3, -0.25) is 9.59 Å². The Kier molecular flexibility index (Phi) is 7.74. The number of nitriles is 1. The molecule has 1 aromatic heterocycles. The van der Waals surface area contributed by atoms with Crippen LogP contribution in [0.15, 0.2) is 53.5 Å². The van der Waals surface area contributed by atoms with Crippen LogP contribution in [0.25, 0.3) is 0 Å². The van der Waals surface area contributed by atoms with Gasteiger partial charge >= 0.3 is 6.61 Å². The van der Waals surface area contributed by atoms with E-state index in [0.717, 1.165) is 10.1 Å². The second-order valence-electron chi connectivity index (χ2n) is 8.59. The molecule has 3 aromatic rings. The Morgan fingerprint density at radius 2 is 1.86 bits per heavy atom. The number of piperidine rings is 1. The molecule has 0 bridgehead atoms. The molecular weight excluding hydrogens is 509 g/mol. The lowest BCUT2D eigenvalue weighted by atomic mass is 9.89. The van der Waals surface area contributed by atoms with Crippen LogP contribution in [0.5, 0.6) is 5.75 Å². The number of hydrogen-bond acceptors (Lipinski definition) is 5. The highest BCUT2D eigenvalue weighted by atomic mass is 35.5. The third-order valence-electron chi connectivity index (χ3n) is 6.26. The fraction of sp³-hybridized carbons (Fsp3) is 0.269. The fourth-order valence-electron chi connectivity index (χ4n) is 4.33. The number of likely N-dealkylation sites (tertiary alicyclic amines) is 1. The molecule has 0 saturated carbocycles. The van der Waals surface area contributed by atoms with E-state index in [-0.39, 0.29) is 45.0 Å². The predicted molar refractivity (Wildman–Crippen MR) is 132 cm³/mol. The van der Waals surface area contributed by atoms with Crippen LogP contribution < -0.4 is 15.6 Å². The number of alkyl halides is 2. The molecular formula is C26H22ClF3N4O3. The van der Waals surface area contributed by atoms with E-state index in [9.17, 15) is 28.0 Å². The standard InChI is InChI=1S/C26H22ClF3N4O3/c1-33-14-19(24(35)34-10-8-17(9-11-34)16-3-5-18(28)6-4-16)23(22(27)25(33)36)32-20-12-15(13-31)2-7-21(20)37-26(29)30/h2-7,12,14,17,26,32H,8-11H2,1H3. The Morgan fingerprint density at radius 3 is 2.49 bits per heavy atom. The second-order valence-corrected chi connectivity index (χ2v) is 8.97. The van der Waals surface area contributed by atoms with E-state index < -0.39 is 18.1 Å². The number of nitrogens with zero attached hydrogens (tertiary/aromatic N) is 3. The van der Waals surface area contributed by atoms with Crippen LogP contribution in [0.3, 0.4) is 0 Å². The number of aryl methyl sites for hydroxylation is 1. The molecule has 4 rings (SSSR count). The molecule has 192 valence electrons. The van der Waals surface area contributed by atoms with Crippen LogP contribution in [0.4, 0.5) is 24.5 Å². The Balaban J connectivity index is 1.64. The van der Waals surface area contributed by atoms with Crippen molar-refractivity contribution < 1.29 is 22.7 Å². The van der Waals surface area contributed by atoms with E-state index in [1.165, 1.54) is 43.6 Å². The van der Waals surface area contributed by atoms with Gasteiger partial charge in [0, 0.05) is 26.3 Å². The van der Waals surface area contributed by atoms with Crippen LogP contribution in [0, 0.1) is 17.1 Å². The van der Waals surface area contributed by atoms with E-state index in [2.05, 4.69) is 10.1 Å². The number of carbonyl (C=O) groups excluding carboxylic acids is 1. The van der Waals surface area contributed by atoms with Crippen molar-refractivity contribution in [3.8, 4) is 11.8 Å². The highest BCUT2D eigenvalue weighted by molar-refractivity contribution is 6.34. The third kappa shape index (κ3) is 5.73. The Hall–Kier alpha value is -3.97. The number of halogens is 4. The summed E-state index contributed by atoms with van der Waals surface area (Å²) in [5.74, 6) is -0.853. The van der Waals surface area contributed by atoms with Gasteiger partial charge < -0.3 is 19.5 Å². The van der Waals surface area contributed by atoms with Gasteiger partial charge in [0.1, 0.15) is 16.6 Å². The van der Waals surface area contributed by atoms with Gasteiger partial charge in [-0.15, -0.1) is 0 Å². The summed E-state index contributed by atoms with van der Waals surface area (Å²) >= 11 is 6.33. The van der Waals surface area contributed by atoms with Gasteiger partial charge in [0.15, 0.2) is 0 Å². The molecule has 11 heteroatoms. The average molecular weight is 531 g/mol. The maximum absolute atomic E-state index is 13.6. The summed E-state index contributed by atoms with van der Waals surface area (Å²) < 4.78 is 44.9. The van der Waals surface area contributed by atoms with Gasteiger partial charge in [0.25, 0.3) is 11.5 Å². The van der Waals surface area contributed by atoms with Crippen LogP contribution in [-0.4, -0.2) is 35.1 Å². The smallest absolute Gasteiger partial charge is 0.387 e. The third-order valence-corrected chi connectivity index (χ3v) is 6.61. The topological polar surface area (TPSA) is 87.4 Å². The van der Waals surface area contributed by atoms with Crippen molar-refractivity contribution in [2.75, 3.05) is 18.4 Å². The zero-order chi connectivity index (χ0) is 26.7. The van der Waals surface area contributed by atoms with Gasteiger partial charge in [0.05, 0.1) is 28.6 Å². The van der Waals surface area contributed by atoms with Crippen LogP contribution in [0.2, 0.25) is 5.02 Å². The molecule has 2 aromatic carbocycles. The Labute approximate surface area is 215 Å². The maximum atomic E-state index is 13.6. The van der Waals surface area contributed by atoms with Gasteiger partial charge in [-0.1, -0.05) is 23.7 Å². The van der Waals surface area contributed by atoms with Gasteiger partial charge in [-0.05, 0) is 54.7 Å². The number of benzene rings is 2. The molecule has 1 saturated heterocycles. The fourth-order valence-corrected chi connectivity index (χ4v) is 4.62. The first-order valence-electron chi connectivity index (χ1n) is 11.4. The molecule has 7 nitrogen and oxygen atoms in total. The van der Waals surface area contributed by atoms with E-state index in [4.69, 9.17) is 11.6 Å². The minimum Gasteiger partial charge on any atom is -0.433 e. The Morgan fingerprint density at radius 1 is 1.19 bits per heavy atom. The van der Waals surface area contributed by atoms with Crippen molar-refractivity contribution in [3.63, 3.8) is 0 Å². The van der Waals surface area contributed by atoms with Gasteiger partial charge in [0.2, 0.25) is 0 Å². The summed E-state index contributed by atoms with van der Waals surface area (Å²) in [6.07, 6.45) is 2.62. The number of anilines is 2. The number of nitrogens with one attached hydrogen (secondary N) is 1. The molecule has 0 unspecified atom stereocenters. The minimum atomic E-state index is -3.14. The maximum Gasteiger partial charge on any atom is 0.387 e. The molecule has 0 aliphatic carbocycles. The van der Waals surface area contributed by atoms with Crippen molar-refractivity contribution in [3.05, 3.63) is 86.5 Å². The normalized spacial score (nSPS) is 13.9. The molecule has 0 spiro atoms. The van der Waals surface area contributed by atoms with E-state index in [0.29, 0.717) is 25.9 Å². The van der Waals surface area contributed by atoms with Crippen molar-refractivity contribution in [2.24, 2.45) is 7.05 Å². The molecule has 1 aliphatic heterocycles.